The number of amides is 1. The number of para-hydroxylation sites is 1. The fourth-order valence-corrected chi connectivity index (χ4v) is 3.67. The predicted molar refractivity (Wildman–Crippen MR) is 90.2 cm³/mol. The summed E-state index contributed by atoms with van der Waals surface area (Å²) >= 11 is 0. The van der Waals surface area contributed by atoms with Gasteiger partial charge in [-0.1, -0.05) is 32.0 Å². The Bertz CT molecular complexity index is 529. The van der Waals surface area contributed by atoms with Gasteiger partial charge in [0.25, 0.3) is 0 Å². The fourth-order valence-electron chi connectivity index (χ4n) is 3.67. The third-order valence-electron chi connectivity index (χ3n) is 4.83. The summed E-state index contributed by atoms with van der Waals surface area (Å²) in [6.07, 6.45) is 3.71. The molecular formula is C18H27N3O. The Morgan fingerprint density at radius 2 is 2.05 bits per heavy atom. The van der Waals surface area contributed by atoms with Gasteiger partial charge >= 0.3 is 0 Å². The van der Waals surface area contributed by atoms with Crippen LogP contribution in [0.25, 0.3) is 0 Å². The zero-order valence-corrected chi connectivity index (χ0v) is 13.6. The summed E-state index contributed by atoms with van der Waals surface area (Å²) in [5, 5.41) is 6.76. The first-order valence-electron chi connectivity index (χ1n) is 8.49. The minimum Gasteiger partial charge on any atom is -0.325 e. The number of hydrogen-bond acceptors (Lipinski definition) is 3. The van der Waals surface area contributed by atoms with Crippen LogP contribution in [0.1, 0.15) is 44.6 Å². The first kappa shape index (κ1) is 15.5. The van der Waals surface area contributed by atoms with Gasteiger partial charge in [-0.25, -0.2) is 0 Å². The molecule has 120 valence electrons. The first-order valence-corrected chi connectivity index (χ1v) is 8.49. The van der Waals surface area contributed by atoms with Crippen LogP contribution in [0, 0.1) is 0 Å². The molecule has 2 aliphatic rings. The van der Waals surface area contributed by atoms with Crippen molar-refractivity contribution in [2.24, 2.45) is 0 Å². The summed E-state index contributed by atoms with van der Waals surface area (Å²) in [5.74, 6) is 0.514. The molecule has 22 heavy (non-hydrogen) atoms. The monoisotopic (exact) mass is 301 g/mol. The van der Waals surface area contributed by atoms with Gasteiger partial charge in [0.2, 0.25) is 5.91 Å². The molecular weight excluding hydrogens is 274 g/mol. The van der Waals surface area contributed by atoms with Crippen LogP contribution < -0.4 is 10.6 Å². The van der Waals surface area contributed by atoms with Crippen molar-refractivity contribution >= 4 is 11.6 Å². The molecule has 1 aromatic carbocycles. The number of carbonyl (C=O) groups excluding carboxylic acids is 1. The van der Waals surface area contributed by atoms with Crippen molar-refractivity contribution < 1.29 is 4.79 Å². The maximum Gasteiger partial charge on any atom is 0.238 e. The molecule has 2 bridgehead atoms. The van der Waals surface area contributed by atoms with E-state index in [0.717, 1.165) is 25.2 Å². The molecule has 0 saturated carbocycles. The van der Waals surface area contributed by atoms with Crippen molar-refractivity contribution in [2.45, 2.75) is 51.1 Å². The van der Waals surface area contributed by atoms with Crippen molar-refractivity contribution in [1.29, 1.82) is 0 Å². The van der Waals surface area contributed by atoms with E-state index in [4.69, 9.17) is 0 Å². The van der Waals surface area contributed by atoms with Crippen molar-refractivity contribution in [1.82, 2.24) is 10.2 Å². The Morgan fingerprint density at radius 3 is 2.86 bits per heavy atom. The molecule has 2 atom stereocenters. The smallest absolute Gasteiger partial charge is 0.238 e. The average Bonchev–Trinajstić information content (AvgIpc) is 2.82. The quantitative estimate of drug-likeness (QED) is 0.898. The number of hydrogen-bond donors (Lipinski definition) is 2. The second kappa shape index (κ2) is 6.80. The van der Waals surface area contributed by atoms with Gasteiger partial charge in [-0.3, -0.25) is 9.69 Å². The van der Waals surface area contributed by atoms with E-state index in [2.05, 4.69) is 35.4 Å². The van der Waals surface area contributed by atoms with E-state index < -0.39 is 0 Å². The van der Waals surface area contributed by atoms with Crippen LogP contribution in [0.3, 0.4) is 0 Å². The van der Waals surface area contributed by atoms with Gasteiger partial charge in [-0.05, 0) is 36.8 Å². The molecule has 2 saturated heterocycles. The lowest BCUT2D eigenvalue weighted by Crippen LogP contribution is -2.39. The number of benzene rings is 1. The zero-order chi connectivity index (χ0) is 15.5. The molecule has 2 unspecified atom stereocenters. The molecule has 0 radical (unpaired) electrons. The van der Waals surface area contributed by atoms with E-state index in [1.54, 1.807) is 0 Å². The molecule has 4 nitrogen and oxygen atoms in total. The maximum atomic E-state index is 12.4. The number of nitrogens with zero attached hydrogens (tertiary/aromatic N) is 1. The summed E-state index contributed by atoms with van der Waals surface area (Å²) < 4.78 is 0. The highest BCUT2D eigenvalue weighted by Gasteiger charge is 2.29. The standard InChI is InChI=1S/C18H27N3O/c1-13(2)16-5-3-4-6-17(16)20-18(22)12-21-10-9-14-7-8-15(11-21)19-14/h3-6,13-15,19H,7-12H2,1-2H3,(H,20,22). The van der Waals surface area contributed by atoms with Crippen LogP contribution in [-0.2, 0) is 4.79 Å². The minimum absolute atomic E-state index is 0.103. The Balaban J connectivity index is 1.58. The van der Waals surface area contributed by atoms with Crippen LogP contribution in [0.5, 0.6) is 0 Å². The van der Waals surface area contributed by atoms with Crippen LogP contribution in [-0.4, -0.2) is 42.5 Å². The van der Waals surface area contributed by atoms with E-state index in [0.29, 0.717) is 24.5 Å². The van der Waals surface area contributed by atoms with Gasteiger partial charge in [0.15, 0.2) is 0 Å². The van der Waals surface area contributed by atoms with E-state index in [-0.39, 0.29) is 5.91 Å². The van der Waals surface area contributed by atoms with Gasteiger partial charge < -0.3 is 10.6 Å². The molecule has 0 aromatic heterocycles. The molecule has 1 aromatic rings. The van der Waals surface area contributed by atoms with Crippen LogP contribution in [0.15, 0.2) is 24.3 Å². The van der Waals surface area contributed by atoms with Crippen molar-refractivity contribution in [3.63, 3.8) is 0 Å². The van der Waals surface area contributed by atoms with Crippen molar-refractivity contribution in [3.05, 3.63) is 29.8 Å². The second-order valence-corrected chi connectivity index (χ2v) is 6.95. The predicted octanol–water partition coefficient (Wildman–Crippen LogP) is 2.57. The Kier molecular flexibility index (Phi) is 4.79. The molecule has 3 rings (SSSR count). The number of nitrogens with one attached hydrogen (secondary N) is 2. The average molecular weight is 301 g/mol. The largest absolute Gasteiger partial charge is 0.325 e. The van der Waals surface area contributed by atoms with E-state index in [1.165, 1.54) is 18.4 Å². The molecule has 2 heterocycles. The lowest BCUT2D eigenvalue weighted by atomic mass is 10.0. The maximum absolute atomic E-state index is 12.4. The van der Waals surface area contributed by atoms with Gasteiger partial charge in [-0.15, -0.1) is 0 Å². The SMILES string of the molecule is CC(C)c1ccccc1NC(=O)CN1CCC2CCC(C1)N2. The summed E-state index contributed by atoms with van der Waals surface area (Å²) in [6.45, 7) is 6.82. The lowest BCUT2D eigenvalue weighted by molar-refractivity contribution is -0.117. The number of fused-ring (bicyclic) bond motifs is 2. The Hall–Kier alpha value is -1.39. The van der Waals surface area contributed by atoms with E-state index in [1.807, 2.05) is 18.2 Å². The van der Waals surface area contributed by atoms with Crippen molar-refractivity contribution in [2.75, 3.05) is 25.0 Å². The third-order valence-corrected chi connectivity index (χ3v) is 4.83. The number of likely N-dealkylation sites (tertiary alicyclic amines) is 1. The summed E-state index contributed by atoms with van der Waals surface area (Å²) in [5.41, 5.74) is 2.16. The highest BCUT2D eigenvalue weighted by Crippen LogP contribution is 2.24. The molecule has 4 heteroatoms. The second-order valence-electron chi connectivity index (χ2n) is 6.95. The normalized spacial score (nSPS) is 25.2. The lowest BCUT2D eigenvalue weighted by Gasteiger charge is -2.23. The number of rotatable bonds is 4. The van der Waals surface area contributed by atoms with E-state index >= 15 is 0 Å². The minimum atomic E-state index is 0.103. The topological polar surface area (TPSA) is 44.4 Å². The molecule has 2 aliphatic heterocycles. The molecule has 0 spiro atoms. The van der Waals surface area contributed by atoms with Crippen LogP contribution in [0.4, 0.5) is 5.69 Å². The highest BCUT2D eigenvalue weighted by atomic mass is 16.2. The van der Waals surface area contributed by atoms with Crippen LogP contribution >= 0.6 is 0 Å². The Morgan fingerprint density at radius 1 is 1.27 bits per heavy atom. The summed E-state index contributed by atoms with van der Waals surface area (Å²) in [6, 6.07) is 9.34. The molecule has 1 amide bonds. The molecule has 0 aliphatic carbocycles. The Labute approximate surface area is 133 Å². The first-order chi connectivity index (χ1) is 10.6. The zero-order valence-electron chi connectivity index (χ0n) is 13.6. The number of anilines is 1. The fraction of sp³-hybridized carbons (Fsp3) is 0.611. The molecule has 2 fully saturated rings. The summed E-state index contributed by atoms with van der Waals surface area (Å²) in [4.78, 5) is 14.7. The van der Waals surface area contributed by atoms with E-state index in [9.17, 15) is 4.79 Å². The van der Waals surface area contributed by atoms with Gasteiger partial charge in [-0.2, -0.15) is 0 Å². The highest BCUT2D eigenvalue weighted by molar-refractivity contribution is 5.93. The van der Waals surface area contributed by atoms with Crippen molar-refractivity contribution in [3.8, 4) is 0 Å². The molecule has 2 N–H and O–H groups in total. The summed E-state index contributed by atoms with van der Waals surface area (Å²) in [7, 11) is 0. The van der Waals surface area contributed by atoms with Crippen LogP contribution in [0.2, 0.25) is 0 Å². The van der Waals surface area contributed by atoms with Gasteiger partial charge in [0, 0.05) is 30.9 Å². The van der Waals surface area contributed by atoms with Gasteiger partial charge in [0.05, 0.1) is 6.54 Å². The number of carbonyl (C=O) groups is 1. The van der Waals surface area contributed by atoms with Gasteiger partial charge in [0.1, 0.15) is 0 Å². The third kappa shape index (κ3) is 3.68.